The van der Waals surface area contributed by atoms with Crippen LogP contribution < -0.4 is 0 Å². The highest BCUT2D eigenvalue weighted by atomic mass is 33.1. The van der Waals surface area contributed by atoms with E-state index in [-0.39, 0.29) is 0 Å². The lowest BCUT2D eigenvalue weighted by Crippen LogP contribution is -1.91. The summed E-state index contributed by atoms with van der Waals surface area (Å²) < 4.78 is 29.0. The Labute approximate surface area is 84.4 Å². The van der Waals surface area contributed by atoms with Gasteiger partial charge >= 0.3 is 9.15 Å². The van der Waals surface area contributed by atoms with Crippen molar-refractivity contribution in [2.75, 3.05) is 5.75 Å². The van der Waals surface area contributed by atoms with Crippen LogP contribution in [-0.2, 0) is 9.15 Å². The monoisotopic (exact) mass is 226 g/mol. The first-order chi connectivity index (χ1) is 6.06. The average molecular weight is 226 g/mol. The van der Waals surface area contributed by atoms with Gasteiger partial charge in [-0.1, -0.05) is 39.0 Å². The fourth-order valence-electron chi connectivity index (χ4n) is 1.05. The van der Waals surface area contributed by atoms with Crippen molar-refractivity contribution < 1.29 is 13.0 Å². The summed E-state index contributed by atoms with van der Waals surface area (Å²) in [5.74, 6) is 0.505. The van der Waals surface area contributed by atoms with Gasteiger partial charge in [0.1, 0.15) is 0 Å². The van der Waals surface area contributed by atoms with Crippen LogP contribution in [0.15, 0.2) is 0 Å². The van der Waals surface area contributed by atoms with Crippen LogP contribution in [0.3, 0.4) is 0 Å². The SMILES string of the molecule is CCCCCCCCSS(=O)(=O)O. The number of rotatable bonds is 8. The fourth-order valence-corrected chi connectivity index (χ4v) is 2.56. The minimum atomic E-state index is -3.80. The summed E-state index contributed by atoms with van der Waals surface area (Å²) in [6.07, 6.45) is 6.80. The molecule has 13 heavy (non-hydrogen) atoms. The molecule has 0 aliphatic heterocycles. The Kier molecular flexibility index (Phi) is 7.80. The standard InChI is InChI=1S/C8H18O3S2/c1-2-3-4-5-6-7-8-12-13(9,10)11/h2-8H2,1H3,(H,9,10,11). The minimum absolute atomic E-state index is 0.505. The van der Waals surface area contributed by atoms with Gasteiger partial charge in [-0.15, -0.1) is 0 Å². The van der Waals surface area contributed by atoms with Crippen LogP contribution in [0.1, 0.15) is 45.4 Å². The van der Waals surface area contributed by atoms with Crippen LogP contribution in [0.25, 0.3) is 0 Å². The molecule has 0 unspecified atom stereocenters. The second kappa shape index (κ2) is 7.64. The van der Waals surface area contributed by atoms with Crippen molar-refractivity contribution in [2.45, 2.75) is 45.4 Å². The van der Waals surface area contributed by atoms with Crippen molar-refractivity contribution in [3.8, 4) is 0 Å². The third kappa shape index (κ3) is 12.3. The maximum Gasteiger partial charge on any atom is 0.319 e. The van der Waals surface area contributed by atoms with Gasteiger partial charge in [0.15, 0.2) is 0 Å². The van der Waals surface area contributed by atoms with Crippen molar-refractivity contribution >= 4 is 19.9 Å². The second-order valence-electron chi connectivity index (χ2n) is 3.02. The smallest absolute Gasteiger partial charge is 0.277 e. The molecule has 0 aromatic carbocycles. The van der Waals surface area contributed by atoms with Crippen molar-refractivity contribution in [3.63, 3.8) is 0 Å². The predicted molar refractivity (Wildman–Crippen MR) is 57.4 cm³/mol. The molecule has 0 amide bonds. The van der Waals surface area contributed by atoms with Gasteiger partial charge in [-0.3, -0.25) is 4.55 Å². The van der Waals surface area contributed by atoms with Gasteiger partial charge < -0.3 is 0 Å². The van der Waals surface area contributed by atoms with E-state index in [0.717, 1.165) is 12.8 Å². The molecule has 5 heteroatoms. The molecule has 0 aromatic rings. The molecule has 0 heterocycles. The lowest BCUT2D eigenvalue weighted by Gasteiger charge is -1.98. The fraction of sp³-hybridized carbons (Fsp3) is 1.00. The van der Waals surface area contributed by atoms with Crippen LogP contribution in [0.4, 0.5) is 0 Å². The molecule has 0 saturated heterocycles. The molecular formula is C8H18O3S2. The maximum absolute atomic E-state index is 10.3. The molecule has 1 N–H and O–H groups in total. The van der Waals surface area contributed by atoms with Crippen LogP contribution in [-0.4, -0.2) is 18.7 Å². The minimum Gasteiger partial charge on any atom is -0.277 e. The molecule has 0 saturated carbocycles. The molecule has 0 aliphatic rings. The summed E-state index contributed by atoms with van der Waals surface area (Å²) >= 11 is 0. The Bertz CT molecular complexity index is 199. The molecule has 0 spiro atoms. The van der Waals surface area contributed by atoms with Crippen molar-refractivity contribution in [2.24, 2.45) is 0 Å². The lowest BCUT2D eigenvalue weighted by molar-refractivity contribution is 0.503. The predicted octanol–water partition coefficient (Wildman–Crippen LogP) is 2.88. The van der Waals surface area contributed by atoms with Gasteiger partial charge in [-0.05, 0) is 17.2 Å². The van der Waals surface area contributed by atoms with E-state index in [4.69, 9.17) is 4.55 Å². The van der Waals surface area contributed by atoms with E-state index in [1.165, 1.54) is 25.7 Å². The Morgan fingerprint density at radius 2 is 1.62 bits per heavy atom. The molecular weight excluding hydrogens is 208 g/mol. The molecule has 0 fully saturated rings. The topological polar surface area (TPSA) is 54.4 Å². The van der Waals surface area contributed by atoms with E-state index >= 15 is 0 Å². The highest BCUT2D eigenvalue weighted by molar-refractivity contribution is 8.69. The van der Waals surface area contributed by atoms with E-state index < -0.39 is 9.15 Å². The summed E-state index contributed by atoms with van der Waals surface area (Å²) in [5, 5.41) is 0. The van der Waals surface area contributed by atoms with E-state index in [1.54, 1.807) is 0 Å². The zero-order valence-corrected chi connectivity index (χ0v) is 9.66. The second-order valence-corrected chi connectivity index (χ2v) is 6.49. The van der Waals surface area contributed by atoms with Crippen molar-refractivity contribution in [1.29, 1.82) is 0 Å². The largest absolute Gasteiger partial charge is 0.319 e. The van der Waals surface area contributed by atoms with Gasteiger partial charge in [-0.2, -0.15) is 8.42 Å². The summed E-state index contributed by atoms with van der Waals surface area (Å²) in [6, 6.07) is 0. The van der Waals surface area contributed by atoms with Crippen LogP contribution in [0, 0.1) is 0 Å². The Morgan fingerprint density at radius 3 is 2.15 bits per heavy atom. The van der Waals surface area contributed by atoms with E-state index in [9.17, 15) is 8.42 Å². The van der Waals surface area contributed by atoms with E-state index in [1.807, 2.05) is 0 Å². The highest BCUT2D eigenvalue weighted by Gasteiger charge is 2.03. The van der Waals surface area contributed by atoms with Gasteiger partial charge in [0.2, 0.25) is 0 Å². The summed E-state index contributed by atoms with van der Waals surface area (Å²) in [7, 11) is -3.18. The van der Waals surface area contributed by atoms with Crippen molar-refractivity contribution in [1.82, 2.24) is 0 Å². The molecule has 0 bridgehead atoms. The van der Waals surface area contributed by atoms with Crippen molar-refractivity contribution in [3.05, 3.63) is 0 Å². The molecule has 0 radical (unpaired) electrons. The first kappa shape index (κ1) is 13.3. The third-order valence-electron chi connectivity index (χ3n) is 1.73. The Morgan fingerprint density at radius 1 is 1.08 bits per heavy atom. The maximum atomic E-state index is 10.3. The highest BCUT2D eigenvalue weighted by Crippen LogP contribution is 2.13. The number of hydrogen-bond donors (Lipinski definition) is 1. The molecule has 0 atom stereocenters. The number of unbranched alkanes of at least 4 members (excludes halogenated alkanes) is 5. The molecule has 0 rings (SSSR count). The summed E-state index contributed by atoms with van der Waals surface area (Å²) in [6.45, 7) is 2.16. The average Bonchev–Trinajstić information content (AvgIpc) is 2.01. The summed E-state index contributed by atoms with van der Waals surface area (Å²) in [5.41, 5.74) is 0. The first-order valence-electron chi connectivity index (χ1n) is 4.68. The molecule has 80 valence electrons. The van der Waals surface area contributed by atoms with Crippen LogP contribution >= 0.6 is 10.8 Å². The third-order valence-corrected chi connectivity index (χ3v) is 3.88. The van der Waals surface area contributed by atoms with Gasteiger partial charge in [0.05, 0.1) is 0 Å². The Balaban J connectivity index is 3.09. The zero-order valence-electron chi connectivity index (χ0n) is 8.03. The van der Waals surface area contributed by atoms with Gasteiger partial charge in [0.25, 0.3) is 0 Å². The van der Waals surface area contributed by atoms with Gasteiger partial charge in [0, 0.05) is 5.75 Å². The molecule has 3 nitrogen and oxygen atoms in total. The molecule has 0 aromatic heterocycles. The lowest BCUT2D eigenvalue weighted by atomic mass is 10.1. The zero-order chi connectivity index (χ0) is 10.2. The van der Waals surface area contributed by atoms with Crippen LogP contribution in [0.5, 0.6) is 0 Å². The van der Waals surface area contributed by atoms with E-state index in [2.05, 4.69) is 6.92 Å². The van der Waals surface area contributed by atoms with E-state index in [0.29, 0.717) is 16.5 Å². The first-order valence-corrected chi connectivity index (χ1v) is 7.62. The molecule has 0 aliphatic carbocycles. The Hall–Kier alpha value is 0.260. The van der Waals surface area contributed by atoms with Gasteiger partial charge in [-0.25, -0.2) is 0 Å². The van der Waals surface area contributed by atoms with Crippen LogP contribution in [0.2, 0.25) is 0 Å². The summed E-state index contributed by atoms with van der Waals surface area (Å²) in [4.78, 5) is 0. The quantitative estimate of drug-likeness (QED) is 0.393. The number of hydrogen-bond acceptors (Lipinski definition) is 3. The normalized spacial score (nSPS) is 11.8.